The molecule has 2 rings (SSSR count). The lowest BCUT2D eigenvalue weighted by Gasteiger charge is -2.34. The Balaban J connectivity index is 1.82. The van der Waals surface area contributed by atoms with E-state index in [2.05, 4.69) is 22.9 Å². The molecule has 120 valence electrons. The highest BCUT2D eigenvalue weighted by molar-refractivity contribution is 9.10. The number of carbonyl (C=O) groups is 2. The summed E-state index contributed by atoms with van der Waals surface area (Å²) >= 11 is 3.36. The second-order valence-corrected chi connectivity index (χ2v) is 6.17. The number of halogens is 1. The van der Waals surface area contributed by atoms with E-state index in [9.17, 15) is 9.59 Å². The minimum Gasteiger partial charge on any atom is -0.449 e. The fourth-order valence-corrected chi connectivity index (χ4v) is 2.53. The zero-order chi connectivity index (χ0) is 15.9. The first-order valence-electron chi connectivity index (χ1n) is 7.58. The first-order chi connectivity index (χ1) is 10.6. The summed E-state index contributed by atoms with van der Waals surface area (Å²) in [5.74, 6) is 0.00602. The van der Waals surface area contributed by atoms with Crippen molar-refractivity contribution in [1.82, 2.24) is 9.80 Å². The van der Waals surface area contributed by atoms with Gasteiger partial charge in [-0.15, -0.1) is 0 Å². The molecule has 22 heavy (non-hydrogen) atoms. The van der Waals surface area contributed by atoms with E-state index in [-0.39, 0.29) is 12.0 Å². The number of amides is 2. The Labute approximate surface area is 139 Å². The maximum atomic E-state index is 12.4. The van der Waals surface area contributed by atoms with Crippen LogP contribution in [0.15, 0.2) is 28.7 Å². The summed E-state index contributed by atoms with van der Waals surface area (Å²) in [5.41, 5.74) is 0.669. The number of rotatable bonds is 4. The first-order valence-corrected chi connectivity index (χ1v) is 8.37. The maximum Gasteiger partial charge on any atom is 0.409 e. The molecule has 1 aromatic carbocycles. The molecule has 1 aliphatic heterocycles. The summed E-state index contributed by atoms with van der Waals surface area (Å²) in [6, 6.07) is 7.32. The zero-order valence-electron chi connectivity index (χ0n) is 12.8. The summed E-state index contributed by atoms with van der Waals surface area (Å²) in [7, 11) is 0. The van der Waals surface area contributed by atoms with Crippen molar-refractivity contribution < 1.29 is 14.3 Å². The Kier molecular flexibility index (Phi) is 6.24. The van der Waals surface area contributed by atoms with Crippen molar-refractivity contribution in [2.24, 2.45) is 0 Å². The molecule has 6 heteroatoms. The van der Waals surface area contributed by atoms with Gasteiger partial charge < -0.3 is 14.5 Å². The SMILES string of the molecule is CCCCOC(=O)N1CCN(C(=O)c2ccc(Br)cc2)CC1. The molecule has 1 aliphatic rings. The Morgan fingerprint density at radius 3 is 2.27 bits per heavy atom. The number of benzene rings is 1. The fourth-order valence-electron chi connectivity index (χ4n) is 2.26. The number of piperazine rings is 1. The van der Waals surface area contributed by atoms with E-state index in [1.54, 1.807) is 21.9 Å². The maximum absolute atomic E-state index is 12.4. The van der Waals surface area contributed by atoms with Gasteiger partial charge in [-0.25, -0.2) is 4.79 Å². The largest absolute Gasteiger partial charge is 0.449 e. The second kappa shape index (κ2) is 8.17. The third-order valence-electron chi connectivity index (χ3n) is 3.64. The van der Waals surface area contributed by atoms with Gasteiger partial charge in [-0.2, -0.15) is 0 Å². The smallest absolute Gasteiger partial charge is 0.409 e. The summed E-state index contributed by atoms with van der Waals surface area (Å²) in [6.07, 6.45) is 1.61. The zero-order valence-corrected chi connectivity index (χ0v) is 14.3. The van der Waals surface area contributed by atoms with Gasteiger partial charge in [-0.05, 0) is 30.7 Å². The van der Waals surface area contributed by atoms with Crippen molar-refractivity contribution in [3.05, 3.63) is 34.3 Å². The molecule has 0 radical (unpaired) electrons. The van der Waals surface area contributed by atoms with Gasteiger partial charge in [0.05, 0.1) is 6.61 Å². The molecule has 1 heterocycles. The number of unbranched alkanes of at least 4 members (excludes halogenated alkanes) is 1. The van der Waals surface area contributed by atoms with E-state index in [1.165, 1.54) is 0 Å². The van der Waals surface area contributed by atoms with Crippen LogP contribution in [-0.4, -0.2) is 54.6 Å². The van der Waals surface area contributed by atoms with Gasteiger partial charge in [-0.3, -0.25) is 4.79 Å². The van der Waals surface area contributed by atoms with Gasteiger partial charge in [0.2, 0.25) is 0 Å². The van der Waals surface area contributed by atoms with Gasteiger partial charge in [-0.1, -0.05) is 29.3 Å². The predicted molar refractivity (Wildman–Crippen MR) is 87.9 cm³/mol. The predicted octanol–water partition coefficient (Wildman–Crippen LogP) is 3.14. The van der Waals surface area contributed by atoms with E-state index in [0.717, 1.165) is 17.3 Å². The van der Waals surface area contributed by atoms with E-state index in [4.69, 9.17) is 4.74 Å². The first kappa shape index (κ1) is 16.8. The Bertz CT molecular complexity index is 511. The second-order valence-electron chi connectivity index (χ2n) is 5.25. The highest BCUT2D eigenvalue weighted by Gasteiger charge is 2.25. The summed E-state index contributed by atoms with van der Waals surface area (Å²) in [6.45, 7) is 4.64. The van der Waals surface area contributed by atoms with Crippen molar-refractivity contribution in [2.45, 2.75) is 19.8 Å². The third-order valence-corrected chi connectivity index (χ3v) is 4.17. The molecule has 2 amide bonds. The number of carbonyl (C=O) groups excluding carboxylic acids is 2. The fraction of sp³-hybridized carbons (Fsp3) is 0.500. The van der Waals surface area contributed by atoms with E-state index in [0.29, 0.717) is 38.3 Å². The molecular weight excluding hydrogens is 348 g/mol. The monoisotopic (exact) mass is 368 g/mol. The van der Waals surface area contributed by atoms with Gasteiger partial charge in [0.25, 0.3) is 5.91 Å². The van der Waals surface area contributed by atoms with Gasteiger partial charge in [0.1, 0.15) is 0 Å². The molecule has 0 aliphatic carbocycles. The van der Waals surface area contributed by atoms with Crippen molar-refractivity contribution in [3.8, 4) is 0 Å². The van der Waals surface area contributed by atoms with Crippen molar-refractivity contribution in [2.75, 3.05) is 32.8 Å². The lowest BCUT2D eigenvalue weighted by Crippen LogP contribution is -2.50. The van der Waals surface area contributed by atoms with Crippen LogP contribution in [0.2, 0.25) is 0 Å². The van der Waals surface area contributed by atoms with Crippen LogP contribution in [0.4, 0.5) is 4.79 Å². The van der Waals surface area contributed by atoms with Crippen LogP contribution in [-0.2, 0) is 4.74 Å². The van der Waals surface area contributed by atoms with E-state index < -0.39 is 0 Å². The van der Waals surface area contributed by atoms with Crippen molar-refractivity contribution in [3.63, 3.8) is 0 Å². The minimum absolute atomic E-state index is 0.00602. The van der Waals surface area contributed by atoms with Crippen LogP contribution < -0.4 is 0 Å². The van der Waals surface area contributed by atoms with Crippen LogP contribution in [0.1, 0.15) is 30.1 Å². The summed E-state index contributed by atoms with van der Waals surface area (Å²) in [4.78, 5) is 27.7. The number of hydrogen-bond acceptors (Lipinski definition) is 3. The molecule has 1 fully saturated rings. The molecule has 0 spiro atoms. The molecular formula is C16H21BrN2O3. The average molecular weight is 369 g/mol. The highest BCUT2D eigenvalue weighted by Crippen LogP contribution is 2.14. The normalized spacial score (nSPS) is 14.8. The molecule has 0 saturated carbocycles. The molecule has 1 aromatic rings. The molecule has 0 unspecified atom stereocenters. The highest BCUT2D eigenvalue weighted by atomic mass is 79.9. The van der Waals surface area contributed by atoms with Gasteiger partial charge >= 0.3 is 6.09 Å². The third kappa shape index (κ3) is 4.47. The summed E-state index contributed by atoms with van der Waals surface area (Å²) in [5, 5.41) is 0. The molecule has 0 N–H and O–H groups in total. The average Bonchev–Trinajstić information content (AvgIpc) is 2.55. The van der Waals surface area contributed by atoms with Crippen LogP contribution >= 0.6 is 15.9 Å². The lowest BCUT2D eigenvalue weighted by atomic mass is 10.2. The molecule has 1 saturated heterocycles. The van der Waals surface area contributed by atoms with E-state index in [1.807, 2.05) is 12.1 Å². The topological polar surface area (TPSA) is 49.9 Å². The van der Waals surface area contributed by atoms with Crippen LogP contribution in [0.5, 0.6) is 0 Å². The number of nitrogens with zero attached hydrogens (tertiary/aromatic N) is 2. The molecule has 5 nitrogen and oxygen atoms in total. The van der Waals surface area contributed by atoms with Crippen molar-refractivity contribution >= 4 is 27.9 Å². The van der Waals surface area contributed by atoms with Gasteiger partial charge in [0, 0.05) is 36.2 Å². The number of hydrogen-bond donors (Lipinski definition) is 0. The van der Waals surface area contributed by atoms with E-state index >= 15 is 0 Å². The Hall–Kier alpha value is -1.56. The molecule has 0 bridgehead atoms. The van der Waals surface area contributed by atoms with Crippen LogP contribution in [0, 0.1) is 0 Å². The molecule has 0 aromatic heterocycles. The summed E-state index contributed by atoms with van der Waals surface area (Å²) < 4.78 is 6.14. The molecule has 0 atom stereocenters. The number of ether oxygens (including phenoxy) is 1. The van der Waals surface area contributed by atoms with Crippen molar-refractivity contribution in [1.29, 1.82) is 0 Å². The lowest BCUT2D eigenvalue weighted by molar-refractivity contribution is 0.0557. The Morgan fingerprint density at radius 2 is 1.68 bits per heavy atom. The Morgan fingerprint density at radius 1 is 1.09 bits per heavy atom. The quantitative estimate of drug-likeness (QED) is 0.767. The standard InChI is InChI=1S/C16H21BrN2O3/c1-2-3-12-22-16(21)19-10-8-18(9-11-19)15(20)13-4-6-14(17)7-5-13/h4-7H,2-3,8-12H2,1H3. The van der Waals surface area contributed by atoms with Gasteiger partial charge in [0.15, 0.2) is 0 Å². The van der Waals surface area contributed by atoms with Crippen LogP contribution in [0.25, 0.3) is 0 Å². The van der Waals surface area contributed by atoms with Crippen LogP contribution in [0.3, 0.4) is 0 Å². The minimum atomic E-state index is -0.274.